The van der Waals surface area contributed by atoms with Crippen molar-refractivity contribution in [2.45, 2.75) is 32.6 Å². The van der Waals surface area contributed by atoms with E-state index in [1.807, 2.05) is 6.92 Å². The summed E-state index contributed by atoms with van der Waals surface area (Å²) in [4.78, 5) is 13.8. The third-order valence-corrected chi connectivity index (χ3v) is 2.48. The number of unbranched alkanes of at least 4 members (excludes halogenated alkanes) is 2. The van der Waals surface area contributed by atoms with Crippen LogP contribution in [0.4, 0.5) is 4.79 Å². The van der Waals surface area contributed by atoms with Gasteiger partial charge in [-0.3, -0.25) is 0 Å². The summed E-state index contributed by atoms with van der Waals surface area (Å²) in [5.41, 5.74) is 8.07. The molecule has 0 unspecified atom stereocenters. The minimum atomic E-state index is -0.400. The molecular formula is C13H26N4O4. The number of rotatable bonds is 14. The van der Waals surface area contributed by atoms with Crippen LogP contribution in [-0.2, 0) is 14.2 Å². The average molecular weight is 302 g/mol. The molecule has 21 heavy (non-hydrogen) atoms. The normalized spacial score (nSPS) is 9.95. The number of carbonyl (C=O) groups excluding carboxylic acids is 1. The fourth-order valence-corrected chi connectivity index (χ4v) is 1.34. The van der Waals surface area contributed by atoms with Crippen molar-refractivity contribution < 1.29 is 19.0 Å². The summed E-state index contributed by atoms with van der Waals surface area (Å²) < 4.78 is 15.6. The minimum absolute atomic E-state index is 0.400. The van der Waals surface area contributed by atoms with Gasteiger partial charge in [-0.1, -0.05) is 18.5 Å². The van der Waals surface area contributed by atoms with Gasteiger partial charge < -0.3 is 19.5 Å². The van der Waals surface area contributed by atoms with Crippen LogP contribution in [0.15, 0.2) is 5.11 Å². The van der Waals surface area contributed by atoms with E-state index in [0.717, 1.165) is 25.7 Å². The number of amides is 1. The summed E-state index contributed by atoms with van der Waals surface area (Å²) in [5, 5.41) is 6.04. The highest BCUT2D eigenvalue weighted by atomic mass is 16.5. The smallest absolute Gasteiger partial charge is 0.407 e. The lowest BCUT2D eigenvalue weighted by Crippen LogP contribution is -2.28. The molecule has 0 radical (unpaired) electrons. The van der Waals surface area contributed by atoms with Crippen molar-refractivity contribution in [1.82, 2.24) is 5.32 Å². The zero-order valence-electron chi connectivity index (χ0n) is 12.8. The quantitative estimate of drug-likeness (QED) is 0.230. The molecule has 8 heteroatoms. The number of carbonyl (C=O) groups is 1. The average Bonchev–Trinajstić information content (AvgIpc) is 2.48. The zero-order chi connectivity index (χ0) is 15.6. The molecule has 0 aromatic heterocycles. The predicted octanol–water partition coefficient (Wildman–Crippen LogP) is 2.64. The molecule has 0 rings (SSSR count). The molecule has 8 nitrogen and oxygen atoms in total. The SMILES string of the molecule is CCCCOC(=O)NCCOCCOCCCCN=[N+]=[N-]. The van der Waals surface area contributed by atoms with Crippen LogP contribution in [-0.4, -0.2) is 52.2 Å². The van der Waals surface area contributed by atoms with Gasteiger partial charge in [0.15, 0.2) is 0 Å². The standard InChI is InChI=1S/C13H26N4O4/c1-2-3-9-21-13(18)15-7-10-20-12-11-19-8-5-4-6-16-17-14/h2-12H2,1H3,(H,15,18). The van der Waals surface area contributed by atoms with Gasteiger partial charge in [0.2, 0.25) is 0 Å². The predicted molar refractivity (Wildman–Crippen MR) is 79.1 cm³/mol. The Balaban J connectivity index is 3.11. The first-order valence-corrected chi connectivity index (χ1v) is 7.38. The van der Waals surface area contributed by atoms with Crippen molar-refractivity contribution in [3.63, 3.8) is 0 Å². The van der Waals surface area contributed by atoms with Crippen molar-refractivity contribution in [3.8, 4) is 0 Å². The highest BCUT2D eigenvalue weighted by molar-refractivity contribution is 5.66. The molecule has 1 N–H and O–H groups in total. The van der Waals surface area contributed by atoms with E-state index in [9.17, 15) is 4.79 Å². The second kappa shape index (κ2) is 16.6. The number of nitrogens with zero attached hydrogens (tertiary/aromatic N) is 3. The number of hydrogen-bond donors (Lipinski definition) is 1. The van der Waals surface area contributed by atoms with Gasteiger partial charge in [-0.15, -0.1) is 0 Å². The monoisotopic (exact) mass is 302 g/mol. The Bertz CT molecular complexity index is 296. The topological polar surface area (TPSA) is 106 Å². The Labute approximate surface area is 125 Å². The molecule has 0 saturated carbocycles. The van der Waals surface area contributed by atoms with E-state index in [4.69, 9.17) is 19.7 Å². The Morgan fingerprint density at radius 2 is 1.86 bits per heavy atom. The van der Waals surface area contributed by atoms with Crippen LogP contribution in [0.2, 0.25) is 0 Å². The first kappa shape index (κ1) is 19.5. The number of ether oxygens (including phenoxy) is 3. The third-order valence-electron chi connectivity index (χ3n) is 2.48. The van der Waals surface area contributed by atoms with Gasteiger partial charge in [-0.2, -0.15) is 0 Å². The Morgan fingerprint density at radius 3 is 2.57 bits per heavy atom. The van der Waals surface area contributed by atoms with E-state index in [1.54, 1.807) is 0 Å². The van der Waals surface area contributed by atoms with Gasteiger partial charge in [0.1, 0.15) is 0 Å². The molecule has 1 amide bonds. The molecule has 0 spiro atoms. The summed E-state index contributed by atoms with van der Waals surface area (Å²) in [6, 6.07) is 0. The van der Waals surface area contributed by atoms with Crippen LogP contribution in [0.25, 0.3) is 10.4 Å². The highest BCUT2D eigenvalue weighted by Crippen LogP contribution is 1.91. The van der Waals surface area contributed by atoms with E-state index < -0.39 is 6.09 Å². The van der Waals surface area contributed by atoms with Crippen LogP contribution < -0.4 is 5.32 Å². The molecule has 0 aliphatic rings. The van der Waals surface area contributed by atoms with Crippen molar-refractivity contribution in [1.29, 1.82) is 0 Å². The zero-order valence-corrected chi connectivity index (χ0v) is 12.8. The summed E-state index contributed by atoms with van der Waals surface area (Å²) in [6.07, 6.45) is 3.17. The summed E-state index contributed by atoms with van der Waals surface area (Å²) >= 11 is 0. The van der Waals surface area contributed by atoms with Crippen LogP contribution >= 0.6 is 0 Å². The van der Waals surface area contributed by atoms with Crippen molar-refractivity contribution in [2.75, 3.05) is 46.1 Å². The number of azide groups is 1. The summed E-state index contributed by atoms with van der Waals surface area (Å²) in [6.45, 7) is 5.50. The second-order valence-corrected chi connectivity index (χ2v) is 4.30. The molecular weight excluding hydrogens is 276 g/mol. The molecule has 0 aliphatic carbocycles. The maximum absolute atomic E-state index is 11.2. The lowest BCUT2D eigenvalue weighted by atomic mass is 10.3. The second-order valence-electron chi connectivity index (χ2n) is 4.30. The van der Waals surface area contributed by atoms with Gasteiger partial charge in [0.05, 0.1) is 26.4 Å². The van der Waals surface area contributed by atoms with Crippen LogP contribution in [0.3, 0.4) is 0 Å². The number of alkyl carbamates (subject to hydrolysis) is 1. The number of nitrogens with one attached hydrogen (secondary N) is 1. The molecule has 0 heterocycles. The lowest BCUT2D eigenvalue weighted by Gasteiger charge is -2.07. The molecule has 0 aliphatic heterocycles. The van der Waals surface area contributed by atoms with Crippen molar-refractivity contribution in [2.24, 2.45) is 5.11 Å². The van der Waals surface area contributed by atoms with E-state index in [0.29, 0.717) is 46.1 Å². The minimum Gasteiger partial charge on any atom is -0.450 e. The van der Waals surface area contributed by atoms with E-state index in [1.165, 1.54) is 0 Å². The molecule has 0 aromatic rings. The Hall–Kier alpha value is -1.50. The van der Waals surface area contributed by atoms with Gasteiger partial charge in [-0.25, -0.2) is 4.79 Å². The van der Waals surface area contributed by atoms with Gasteiger partial charge in [0.25, 0.3) is 0 Å². The van der Waals surface area contributed by atoms with Crippen molar-refractivity contribution in [3.05, 3.63) is 10.4 Å². The maximum Gasteiger partial charge on any atom is 0.407 e. The van der Waals surface area contributed by atoms with Gasteiger partial charge >= 0.3 is 6.09 Å². The van der Waals surface area contributed by atoms with Crippen LogP contribution in [0, 0.1) is 0 Å². The highest BCUT2D eigenvalue weighted by Gasteiger charge is 1.99. The van der Waals surface area contributed by atoms with E-state index >= 15 is 0 Å². The first-order valence-electron chi connectivity index (χ1n) is 7.38. The maximum atomic E-state index is 11.2. The Morgan fingerprint density at radius 1 is 1.10 bits per heavy atom. The first-order chi connectivity index (χ1) is 10.3. The Kier molecular flexibility index (Phi) is 15.4. The van der Waals surface area contributed by atoms with Gasteiger partial charge in [0, 0.05) is 24.6 Å². The molecule has 0 saturated heterocycles. The fourth-order valence-electron chi connectivity index (χ4n) is 1.34. The molecule has 0 bridgehead atoms. The van der Waals surface area contributed by atoms with Gasteiger partial charge in [-0.05, 0) is 24.8 Å². The largest absolute Gasteiger partial charge is 0.450 e. The fraction of sp³-hybridized carbons (Fsp3) is 0.923. The summed E-state index contributed by atoms with van der Waals surface area (Å²) in [7, 11) is 0. The molecule has 0 fully saturated rings. The van der Waals surface area contributed by atoms with E-state index in [2.05, 4.69) is 15.3 Å². The van der Waals surface area contributed by atoms with E-state index in [-0.39, 0.29) is 0 Å². The van der Waals surface area contributed by atoms with Crippen LogP contribution in [0.5, 0.6) is 0 Å². The lowest BCUT2D eigenvalue weighted by molar-refractivity contribution is 0.0471. The van der Waals surface area contributed by atoms with Crippen molar-refractivity contribution >= 4 is 6.09 Å². The third kappa shape index (κ3) is 16.4. The summed E-state index contributed by atoms with van der Waals surface area (Å²) in [5.74, 6) is 0. The van der Waals surface area contributed by atoms with Crippen LogP contribution in [0.1, 0.15) is 32.6 Å². The molecule has 122 valence electrons. The molecule has 0 aromatic carbocycles. The number of hydrogen-bond acceptors (Lipinski definition) is 5. The molecule has 0 atom stereocenters.